The van der Waals surface area contributed by atoms with Crippen LogP contribution in [0, 0.1) is 19.8 Å². The normalized spacial score (nSPS) is 17.5. The van der Waals surface area contributed by atoms with Crippen LogP contribution >= 0.6 is 11.3 Å². The first-order chi connectivity index (χ1) is 16.8. The van der Waals surface area contributed by atoms with Crippen molar-refractivity contribution in [2.24, 2.45) is 5.92 Å². The van der Waals surface area contributed by atoms with Gasteiger partial charge in [-0.3, -0.25) is 9.59 Å². The molecule has 3 aromatic rings. The molecule has 0 aromatic carbocycles. The maximum atomic E-state index is 13.8. The van der Waals surface area contributed by atoms with E-state index in [0.717, 1.165) is 61.1 Å². The monoisotopic (exact) mass is 493 g/mol. The summed E-state index contributed by atoms with van der Waals surface area (Å²) in [4.78, 5) is 38.1. The summed E-state index contributed by atoms with van der Waals surface area (Å²) in [5.41, 5.74) is 3.30. The number of rotatable bonds is 4. The lowest BCUT2D eigenvalue weighted by molar-refractivity contribution is -0.137. The summed E-state index contributed by atoms with van der Waals surface area (Å²) in [6, 6.07) is 4.23. The number of likely N-dealkylation sites (tertiary alicyclic amines) is 2. The van der Waals surface area contributed by atoms with E-state index in [9.17, 15) is 9.59 Å². The summed E-state index contributed by atoms with van der Waals surface area (Å²) in [5.74, 6) is 0.327. The van der Waals surface area contributed by atoms with E-state index >= 15 is 0 Å². The molecule has 2 aliphatic heterocycles. The molecule has 2 fully saturated rings. The summed E-state index contributed by atoms with van der Waals surface area (Å²) >= 11 is 1.75. The fourth-order valence-electron chi connectivity index (χ4n) is 5.47. The summed E-state index contributed by atoms with van der Waals surface area (Å²) in [7, 11) is 0. The standard InChI is InChI=1S/C27H35N5O2S/c1-17(2)32-25-23(16-28-32)22(15-24(29-25)21-14-18(3)35-19(21)4)27(34)31-12-8-20(9-13-31)26(33)30-10-6-5-7-11-30/h14-17,20H,5-13H2,1-4H3. The molecule has 186 valence electrons. The quantitative estimate of drug-likeness (QED) is 0.499. The van der Waals surface area contributed by atoms with Gasteiger partial charge in [0.2, 0.25) is 5.91 Å². The van der Waals surface area contributed by atoms with Gasteiger partial charge in [-0.05, 0) is 71.9 Å². The van der Waals surface area contributed by atoms with E-state index in [0.29, 0.717) is 18.7 Å². The average molecular weight is 494 g/mol. The van der Waals surface area contributed by atoms with Gasteiger partial charge in [0, 0.05) is 53.5 Å². The van der Waals surface area contributed by atoms with Crippen molar-refractivity contribution in [3.8, 4) is 11.3 Å². The maximum absolute atomic E-state index is 13.8. The Labute approximate surface area is 211 Å². The van der Waals surface area contributed by atoms with Crippen molar-refractivity contribution in [3.05, 3.63) is 33.6 Å². The number of piperidine rings is 2. The van der Waals surface area contributed by atoms with E-state index in [-0.39, 0.29) is 23.8 Å². The Morgan fingerprint density at radius 3 is 2.34 bits per heavy atom. The minimum atomic E-state index is 0.00966. The number of aryl methyl sites for hydroxylation is 2. The Balaban J connectivity index is 1.42. The van der Waals surface area contributed by atoms with Crippen molar-refractivity contribution < 1.29 is 9.59 Å². The van der Waals surface area contributed by atoms with Crippen LogP contribution < -0.4 is 0 Å². The predicted molar refractivity (Wildman–Crippen MR) is 140 cm³/mol. The molecular formula is C27H35N5O2S. The number of amides is 2. The summed E-state index contributed by atoms with van der Waals surface area (Å²) in [6.07, 6.45) is 6.68. The van der Waals surface area contributed by atoms with E-state index in [2.05, 4.69) is 38.9 Å². The van der Waals surface area contributed by atoms with Crippen molar-refractivity contribution in [2.45, 2.75) is 65.8 Å². The van der Waals surface area contributed by atoms with E-state index in [1.807, 2.05) is 20.5 Å². The Hall–Kier alpha value is -2.74. The molecule has 3 aromatic heterocycles. The molecular weight excluding hydrogens is 458 g/mol. The van der Waals surface area contributed by atoms with E-state index in [4.69, 9.17) is 4.98 Å². The number of pyridine rings is 1. The third-order valence-electron chi connectivity index (χ3n) is 7.40. The molecule has 8 heteroatoms. The fourth-order valence-corrected chi connectivity index (χ4v) is 6.40. The number of aromatic nitrogens is 3. The van der Waals surface area contributed by atoms with E-state index < -0.39 is 0 Å². The van der Waals surface area contributed by atoms with Crippen LogP contribution in [0.15, 0.2) is 18.3 Å². The largest absolute Gasteiger partial charge is 0.342 e. The van der Waals surface area contributed by atoms with Crippen LogP contribution in [0.4, 0.5) is 0 Å². The first-order valence-corrected chi connectivity index (χ1v) is 13.7. The van der Waals surface area contributed by atoms with Gasteiger partial charge in [-0.1, -0.05) is 0 Å². The molecule has 35 heavy (non-hydrogen) atoms. The third-order valence-corrected chi connectivity index (χ3v) is 8.37. The van der Waals surface area contributed by atoms with Crippen LogP contribution in [0.25, 0.3) is 22.3 Å². The Morgan fingerprint density at radius 2 is 1.71 bits per heavy atom. The van der Waals surface area contributed by atoms with Crippen molar-refractivity contribution >= 4 is 34.2 Å². The lowest BCUT2D eigenvalue weighted by Gasteiger charge is -2.35. The number of hydrogen-bond acceptors (Lipinski definition) is 5. The molecule has 0 spiro atoms. The third kappa shape index (κ3) is 4.60. The highest BCUT2D eigenvalue weighted by Gasteiger charge is 2.32. The summed E-state index contributed by atoms with van der Waals surface area (Å²) < 4.78 is 1.90. The molecule has 0 bridgehead atoms. The first-order valence-electron chi connectivity index (χ1n) is 12.9. The van der Waals surface area contributed by atoms with Crippen LogP contribution in [0.5, 0.6) is 0 Å². The number of carbonyl (C=O) groups excluding carboxylic acids is 2. The van der Waals surface area contributed by atoms with Gasteiger partial charge in [0.15, 0.2) is 5.65 Å². The predicted octanol–water partition coefficient (Wildman–Crippen LogP) is 5.22. The number of thiophene rings is 1. The van der Waals surface area contributed by atoms with Gasteiger partial charge in [-0.15, -0.1) is 11.3 Å². The minimum absolute atomic E-state index is 0.00966. The van der Waals surface area contributed by atoms with Gasteiger partial charge in [-0.2, -0.15) is 5.10 Å². The van der Waals surface area contributed by atoms with Crippen LogP contribution in [0.3, 0.4) is 0 Å². The molecule has 0 aliphatic carbocycles. The zero-order valence-electron chi connectivity index (χ0n) is 21.2. The van der Waals surface area contributed by atoms with Gasteiger partial charge in [0.05, 0.1) is 22.8 Å². The van der Waals surface area contributed by atoms with E-state index in [1.54, 1.807) is 17.5 Å². The molecule has 2 saturated heterocycles. The van der Waals surface area contributed by atoms with Crippen LogP contribution in [-0.2, 0) is 4.79 Å². The molecule has 2 amide bonds. The molecule has 0 N–H and O–H groups in total. The maximum Gasteiger partial charge on any atom is 0.254 e. The minimum Gasteiger partial charge on any atom is -0.342 e. The van der Waals surface area contributed by atoms with Crippen molar-refractivity contribution in [2.75, 3.05) is 26.2 Å². The Bertz CT molecular complexity index is 1250. The molecule has 5 heterocycles. The lowest BCUT2D eigenvalue weighted by Crippen LogP contribution is -2.45. The topological polar surface area (TPSA) is 71.3 Å². The fraction of sp³-hybridized carbons (Fsp3) is 0.556. The highest BCUT2D eigenvalue weighted by atomic mass is 32.1. The molecule has 0 unspecified atom stereocenters. The van der Waals surface area contributed by atoms with Gasteiger partial charge in [0.25, 0.3) is 5.91 Å². The Morgan fingerprint density at radius 1 is 1.00 bits per heavy atom. The second-order valence-electron chi connectivity index (χ2n) is 10.3. The van der Waals surface area contributed by atoms with Gasteiger partial charge < -0.3 is 9.80 Å². The Kier molecular flexibility index (Phi) is 6.66. The molecule has 0 radical (unpaired) electrons. The molecule has 0 saturated carbocycles. The first kappa shape index (κ1) is 24.0. The number of carbonyl (C=O) groups is 2. The second kappa shape index (κ2) is 9.72. The van der Waals surface area contributed by atoms with Crippen LogP contribution in [0.2, 0.25) is 0 Å². The molecule has 2 aliphatic rings. The molecule has 0 atom stereocenters. The second-order valence-corrected chi connectivity index (χ2v) is 11.7. The zero-order valence-corrected chi connectivity index (χ0v) is 22.0. The zero-order chi connectivity index (χ0) is 24.7. The average Bonchev–Trinajstić information content (AvgIpc) is 3.45. The number of fused-ring (bicyclic) bond motifs is 1. The SMILES string of the molecule is Cc1cc(-c2cc(C(=O)N3CCC(C(=O)N4CCCCC4)CC3)c3cnn(C(C)C)c3n2)c(C)s1. The van der Waals surface area contributed by atoms with E-state index in [1.165, 1.54) is 16.2 Å². The van der Waals surface area contributed by atoms with Gasteiger partial charge in [-0.25, -0.2) is 9.67 Å². The summed E-state index contributed by atoms with van der Waals surface area (Å²) in [6.45, 7) is 11.3. The van der Waals surface area contributed by atoms with Crippen LogP contribution in [0.1, 0.15) is 72.1 Å². The van der Waals surface area contributed by atoms with Crippen molar-refractivity contribution in [3.63, 3.8) is 0 Å². The molecule has 7 nitrogen and oxygen atoms in total. The smallest absolute Gasteiger partial charge is 0.254 e. The number of nitrogens with zero attached hydrogens (tertiary/aromatic N) is 5. The highest BCUT2D eigenvalue weighted by molar-refractivity contribution is 7.12. The van der Waals surface area contributed by atoms with Gasteiger partial charge in [0.1, 0.15) is 0 Å². The van der Waals surface area contributed by atoms with Crippen molar-refractivity contribution in [1.82, 2.24) is 24.6 Å². The summed E-state index contributed by atoms with van der Waals surface area (Å²) in [5, 5.41) is 5.36. The molecule has 5 rings (SSSR count). The van der Waals surface area contributed by atoms with Crippen LogP contribution in [-0.4, -0.2) is 62.6 Å². The number of hydrogen-bond donors (Lipinski definition) is 0. The van der Waals surface area contributed by atoms with Crippen molar-refractivity contribution in [1.29, 1.82) is 0 Å². The van der Waals surface area contributed by atoms with Gasteiger partial charge >= 0.3 is 0 Å². The lowest BCUT2D eigenvalue weighted by atomic mass is 9.93. The highest BCUT2D eigenvalue weighted by Crippen LogP contribution is 2.33.